The third-order valence-electron chi connectivity index (χ3n) is 9.73. The molecule has 3 aromatic heterocycles. The lowest BCUT2D eigenvalue weighted by molar-refractivity contribution is -0.134. The lowest BCUT2D eigenvalue weighted by atomic mass is 9.86. The molecule has 0 spiro atoms. The maximum atomic E-state index is 13.6. The minimum atomic E-state index is -3.08. The van der Waals surface area contributed by atoms with Gasteiger partial charge in [-0.3, -0.25) is 28.9 Å². The highest BCUT2D eigenvalue weighted by Gasteiger charge is 2.31. The Labute approximate surface area is 305 Å². The van der Waals surface area contributed by atoms with Gasteiger partial charge in [0, 0.05) is 82.4 Å². The number of aromatic nitrogens is 5. The van der Waals surface area contributed by atoms with Crippen LogP contribution >= 0.6 is 11.8 Å². The second-order valence-corrected chi connectivity index (χ2v) is 14.3. The Kier molecular flexibility index (Phi) is 11.7. The number of carbonyl (C=O) groups is 3. The molecular weight excluding hydrogens is 695 g/mol. The van der Waals surface area contributed by atoms with Crippen molar-refractivity contribution in [2.45, 2.75) is 31.4 Å². The highest BCUT2D eigenvalue weighted by atomic mass is 32.2. The van der Waals surface area contributed by atoms with Crippen molar-refractivity contribution in [2.75, 3.05) is 78.0 Å². The first-order valence-corrected chi connectivity index (χ1v) is 18.4. The van der Waals surface area contributed by atoms with Crippen molar-refractivity contribution in [1.29, 1.82) is 0 Å². The zero-order valence-corrected chi connectivity index (χ0v) is 30.6. The minimum Gasteiger partial charge on any atom is -0.434 e. The first-order valence-electron chi connectivity index (χ1n) is 17.2. The van der Waals surface area contributed by atoms with Crippen LogP contribution in [0.3, 0.4) is 0 Å². The van der Waals surface area contributed by atoms with E-state index in [2.05, 4.69) is 37.2 Å². The standard InChI is InChI=1S/C35H44F2N10O4S/c1-23-18-44(21-30(48)42(2)3)11-8-24(23)19-43-12-14-45(15-13-43)31(49)22-46-20-28(40-34(50)27-17-39-47-10-5-9-38-33(27)47)32(41-46)26-16-25(52-4)6-7-29(26)51-35(36)37/h5-7,9-10,16-17,20,23-24,35H,8,11-15,18-19,21-22H2,1-4H3,(H,40,50)/t23-,24?/m0/s1. The molecule has 17 heteroatoms. The van der Waals surface area contributed by atoms with E-state index in [1.54, 1.807) is 54.5 Å². The number of carbonyl (C=O) groups excluding carboxylic acids is 3. The molecule has 1 N–H and O–H groups in total. The Morgan fingerprint density at radius 2 is 1.88 bits per heavy atom. The van der Waals surface area contributed by atoms with E-state index in [-0.39, 0.29) is 46.6 Å². The number of benzene rings is 1. The molecule has 14 nitrogen and oxygen atoms in total. The Morgan fingerprint density at radius 1 is 1.10 bits per heavy atom. The molecule has 5 heterocycles. The number of nitrogens with one attached hydrogen (secondary N) is 1. The lowest BCUT2D eigenvalue weighted by Gasteiger charge is -2.41. The third kappa shape index (κ3) is 8.70. The Balaban J connectivity index is 1.14. The second-order valence-electron chi connectivity index (χ2n) is 13.5. The number of likely N-dealkylation sites (N-methyl/N-ethyl adjacent to an activating group) is 1. The van der Waals surface area contributed by atoms with E-state index in [1.165, 1.54) is 39.4 Å². The average molecular weight is 739 g/mol. The molecule has 278 valence electrons. The zero-order valence-electron chi connectivity index (χ0n) is 29.7. The number of ether oxygens (including phenoxy) is 1. The normalized spacial score (nSPS) is 18.6. The summed E-state index contributed by atoms with van der Waals surface area (Å²) in [4.78, 5) is 52.4. The van der Waals surface area contributed by atoms with Crippen LogP contribution in [0, 0.1) is 11.8 Å². The fourth-order valence-electron chi connectivity index (χ4n) is 6.77. The number of anilines is 1. The molecule has 6 rings (SSSR count). The monoisotopic (exact) mass is 738 g/mol. The molecule has 3 amide bonds. The molecule has 2 aliphatic heterocycles. The first kappa shape index (κ1) is 37.2. The average Bonchev–Trinajstić information content (AvgIpc) is 3.73. The van der Waals surface area contributed by atoms with Crippen LogP contribution in [0.4, 0.5) is 14.5 Å². The summed E-state index contributed by atoms with van der Waals surface area (Å²) in [6.45, 7) is 4.85. The number of piperidine rings is 1. The summed E-state index contributed by atoms with van der Waals surface area (Å²) in [5, 5.41) is 11.7. The fourth-order valence-corrected chi connectivity index (χ4v) is 7.21. The summed E-state index contributed by atoms with van der Waals surface area (Å²) in [5.41, 5.74) is 1.17. The van der Waals surface area contributed by atoms with Crippen LogP contribution in [0.25, 0.3) is 16.9 Å². The number of hydrogen-bond acceptors (Lipinski definition) is 10. The number of rotatable bonds is 12. The number of piperazine rings is 1. The molecule has 1 unspecified atom stereocenters. The van der Waals surface area contributed by atoms with Crippen LogP contribution in [0.2, 0.25) is 0 Å². The zero-order chi connectivity index (χ0) is 36.9. The maximum absolute atomic E-state index is 13.6. The topological polar surface area (TPSA) is 133 Å². The third-order valence-corrected chi connectivity index (χ3v) is 10.5. The highest BCUT2D eigenvalue weighted by molar-refractivity contribution is 7.98. The van der Waals surface area contributed by atoms with Crippen LogP contribution < -0.4 is 10.1 Å². The maximum Gasteiger partial charge on any atom is 0.387 e. The number of fused-ring (bicyclic) bond motifs is 1. The van der Waals surface area contributed by atoms with Crippen molar-refractivity contribution in [3.05, 3.63) is 54.6 Å². The van der Waals surface area contributed by atoms with E-state index >= 15 is 0 Å². The molecule has 52 heavy (non-hydrogen) atoms. The number of alkyl halides is 2. The molecule has 2 saturated heterocycles. The van der Waals surface area contributed by atoms with Gasteiger partial charge < -0.3 is 19.9 Å². The molecule has 4 aromatic rings. The van der Waals surface area contributed by atoms with Gasteiger partial charge in [-0.15, -0.1) is 11.8 Å². The molecule has 0 aliphatic carbocycles. The van der Waals surface area contributed by atoms with Crippen molar-refractivity contribution in [1.82, 2.24) is 44.0 Å². The minimum absolute atomic E-state index is 0.115. The van der Waals surface area contributed by atoms with Crippen LogP contribution in [0.15, 0.2) is 53.9 Å². The molecule has 2 atom stereocenters. The summed E-state index contributed by atoms with van der Waals surface area (Å²) in [6, 6.07) is 6.45. The summed E-state index contributed by atoms with van der Waals surface area (Å²) < 4.78 is 34.7. The van der Waals surface area contributed by atoms with E-state index in [1.807, 2.05) is 6.26 Å². The first-order chi connectivity index (χ1) is 25.0. The summed E-state index contributed by atoms with van der Waals surface area (Å²) in [6.07, 6.45) is 9.01. The van der Waals surface area contributed by atoms with Crippen LogP contribution in [-0.2, 0) is 16.1 Å². The van der Waals surface area contributed by atoms with E-state index < -0.39 is 12.5 Å². The summed E-state index contributed by atoms with van der Waals surface area (Å²) in [5.74, 6) is 0.304. The molecular formula is C35H44F2N10O4S. The molecule has 0 bridgehead atoms. The van der Waals surface area contributed by atoms with Gasteiger partial charge in [-0.2, -0.15) is 19.0 Å². The van der Waals surface area contributed by atoms with E-state index in [0.29, 0.717) is 37.1 Å². The quantitative estimate of drug-likeness (QED) is 0.216. The summed E-state index contributed by atoms with van der Waals surface area (Å²) in [7, 11) is 3.57. The fraction of sp³-hybridized carbons (Fsp3) is 0.486. The summed E-state index contributed by atoms with van der Waals surface area (Å²) >= 11 is 1.41. The van der Waals surface area contributed by atoms with Gasteiger partial charge in [0.25, 0.3) is 5.91 Å². The van der Waals surface area contributed by atoms with Crippen molar-refractivity contribution < 1.29 is 27.9 Å². The number of amides is 3. The van der Waals surface area contributed by atoms with Gasteiger partial charge in [0.05, 0.1) is 18.4 Å². The Hall–Kier alpha value is -4.61. The van der Waals surface area contributed by atoms with Crippen molar-refractivity contribution in [2.24, 2.45) is 11.8 Å². The Bertz CT molecular complexity index is 1890. The van der Waals surface area contributed by atoms with Gasteiger partial charge in [0.1, 0.15) is 23.6 Å². The van der Waals surface area contributed by atoms with Gasteiger partial charge in [-0.1, -0.05) is 6.92 Å². The van der Waals surface area contributed by atoms with Gasteiger partial charge in [0.15, 0.2) is 5.65 Å². The lowest BCUT2D eigenvalue weighted by Crippen LogP contribution is -2.52. The molecule has 0 saturated carbocycles. The van der Waals surface area contributed by atoms with Gasteiger partial charge >= 0.3 is 6.61 Å². The van der Waals surface area contributed by atoms with Gasteiger partial charge in [0.2, 0.25) is 11.8 Å². The number of nitrogens with zero attached hydrogens (tertiary/aromatic N) is 9. The van der Waals surface area contributed by atoms with E-state index in [0.717, 1.165) is 44.0 Å². The molecule has 2 fully saturated rings. The number of thioether (sulfide) groups is 1. The second kappa shape index (κ2) is 16.4. The Morgan fingerprint density at radius 3 is 2.60 bits per heavy atom. The van der Waals surface area contributed by atoms with Crippen LogP contribution in [-0.4, -0.2) is 141 Å². The van der Waals surface area contributed by atoms with E-state index in [4.69, 9.17) is 4.74 Å². The van der Waals surface area contributed by atoms with Crippen molar-refractivity contribution in [3.8, 4) is 17.0 Å². The highest BCUT2D eigenvalue weighted by Crippen LogP contribution is 2.38. The predicted molar refractivity (Wildman–Crippen MR) is 192 cm³/mol. The molecule has 2 aliphatic rings. The molecule has 0 radical (unpaired) electrons. The molecule has 1 aromatic carbocycles. The predicted octanol–water partition coefficient (Wildman–Crippen LogP) is 3.36. The van der Waals surface area contributed by atoms with E-state index in [9.17, 15) is 23.2 Å². The van der Waals surface area contributed by atoms with Crippen LogP contribution in [0.5, 0.6) is 5.75 Å². The van der Waals surface area contributed by atoms with Crippen molar-refractivity contribution in [3.63, 3.8) is 0 Å². The smallest absolute Gasteiger partial charge is 0.387 e. The number of halogens is 2. The SMILES string of the molecule is CSc1ccc(OC(F)F)c(-c2nn(CC(=O)N3CCN(CC4CCN(CC(=O)N(C)C)C[C@@H]4C)CC3)cc2NC(=O)c2cnn3cccnc23)c1. The largest absolute Gasteiger partial charge is 0.434 e. The van der Waals surface area contributed by atoms with Gasteiger partial charge in [-0.25, -0.2) is 9.50 Å². The van der Waals surface area contributed by atoms with Crippen LogP contribution in [0.1, 0.15) is 23.7 Å². The number of hydrogen-bond donors (Lipinski definition) is 1. The van der Waals surface area contributed by atoms with Crippen molar-refractivity contribution >= 4 is 40.8 Å². The van der Waals surface area contributed by atoms with Gasteiger partial charge in [-0.05, 0) is 55.3 Å². The number of likely N-dealkylation sites (tertiary alicyclic amines) is 1.